The number of hydroxylamine groups is 2. The molecule has 0 spiro atoms. The van der Waals surface area contributed by atoms with Crippen molar-refractivity contribution in [1.82, 2.24) is 10.4 Å². The van der Waals surface area contributed by atoms with Crippen LogP contribution in [-0.2, 0) is 11.4 Å². The molecular formula is C13H16N2O4. The summed E-state index contributed by atoms with van der Waals surface area (Å²) in [6.45, 7) is 1.52. The molecule has 1 fully saturated rings. The Hall–Kier alpha value is -2.08. The van der Waals surface area contributed by atoms with Crippen LogP contribution in [0.3, 0.4) is 0 Å². The normalized spacial score (nSPS) is 15.1. The highest BCUT2D eigenvalue weighted by molar-refractivity contribution is 5.87. The Kier molecular flexibility index (Phi) is 4.35. The summed E-state index contributed by atoms with van der Waals surface area (Å²) in [6, 6.07) is 6.13. The second-order valence-electron chi connectivity index (χ2n) is 4.30. The number of rotatable bonds is 3. The molecule has 0 unspecified atom stereocenters. The lowest BCUT2D eigenvalue weighted by molar-refractivity contribution is -0.139. The Balaban J connectivity index is 1.84. The fraction of sp³-hybridized carbons (Fsp3) is 0.385. The third-order valence-corrected chi connectivity index (χ3v) is 2.87. The highest BCUT2D eigenvalue weighted by Crippen LogP contribution is 2.07. The van der Waals surface area contributed by atoms with Gasteiger partial charge in [0.05, 0.1) is 18.7 Å². The second-order valence-corrected chi connectivity index (χ2v) is 4.30. The maximum atomic E-state index is 11.7. The standard InChI is InChI=1S/C13H16N2O4/c16-12(17)11-5-3-10(4-6-11)9-14-13(18)15-7-1-2-8-19-15/h3-6H,1-2,7-9H2,(H,14,18)(H,16,17). The van der Waals surface area contributed by atoms with Crippen LogP contribution in [0.5, 0.6) is 0 Å². The third-order valence-electron chi connectivity index (χ3n) is 2.87. The molecule has 0 aromatic heterocycles. The zero-order valence-corrected chi connectivity index (χ0v) is 10.5. The average Bonchev–Trinajstić information content (AvgIpc) is 2.46. The Morgan fingerprint density at radius 3 is 2.58 bits per heavy atom. The number of urea groups is 1. The van der Waals surface area contributed by atoms with Crippen LogP contribution in [0.4, 0.5) is 4.79 Å². The summed E-state index contributed by atoms with van der Waals surface area (Å²) >= 11 is 0. The van der Waals surface area contributed by atoms with Crippen LogP contribution in [0.1, 0.15) is 28.8 Å². The molecule has 1 aliphatic heterocycles. The summed E-state index contributed by atoms with van der Waals surface area (Å²) < 4.78 is 0. The number of hydrogen-bond acceptors (Lipinski definition) is 3. The van der Waals surface area contributed by atoms with E-state index in [1.165, 1.54) is 17.2 Å². The van der Waals surface area contributed by atoms with Crippen molar-refractivity contribution in [2.24, 2.45) is 0 Å². The van der Waals surface area contributed by atoms with Crippen LogP contribution in [-0.4, -0.2) is 35.3 Å². The molecule has 0 bridgehead atoms. The average molecular weight is 264 g/mol. The lowest BCUT2D eigenvalue weighted by Gasteiger charge is -2.25. The van der Waals surface area contributed by atoms with Gasteiger partial charge >= 0.3 is 12.0 Å². The maximum Gasteiger partial charge on any atom is 0.341 e. The third kappa shape index (κ3) is 3.69. The molecule has 19 heavy (non-hydrogen) atoms. The van der Waals surface area contributed by atoms with Crippen molar-refractivity contribution in [3.05, 3.63) is 35.4 Å². The van der Waals surface area contributed by atoms with Crippen LogP contribution in [0.2, 0.25) is 0 Å². The number of aromatic carboxylic acids is 1. The number of benzene rings is 1. The van der Waals surface area contributed by atoms with E-state index in [1.807, 2.05) is 0 Å². The van der Waals surface area contributed by atoms with Gasteiger partial charge in [-0.05, 0) is 30.5 Å². The first-order chi connectivity index (χ1) is 9.16. The molecule has 1 heterocycles. The number of carbonyl (C=O) groups is 2. The summed E-state index contributed by atoms with van der Waals surface area (Å²) in [5, 5.41) is 12.8. The van der Waals surface area contributed by atoms with Gasteiger partial charge in [0.15, 0.2) is 0 Å². The Morgan fingerprint density at radius 1 is 1.26 bits per heavy atom. The lowest BCUT2D eigenvalue weighted by Crippen LogP contribution is -2.42. The first-order valence-corrected chi connectivity index (χ1v) is 6.17. The van der Waals surface area contributed by atoms with Gasteiger partial charge in [-0.25, -0.2) is 14.7 Å². The van der Waals surface area contributed by atoms with Crippen molar-refractivity contribution in [1.29, 1.82) is 0 Å². The monoisotopic (exact) mass is 264 g/mol. The number of nitrogens with zero attached hydrogens (tertiary/aromatic N) is 1. The van der Waals surface area contributed by atoms with Gasteiger partial charge in [-0.3, -0.25) is 4.84 Å². The molecule has 0 atom stereocenters. The van der Waals surface area contributed by atoms with Crippen molar-refractivity contribution < 1.29 is 19.5 Å². The quantitative estimate of drug-likeness (QED) is 0.869. The van der Waals surface area contributed by atoms with Gasteiger partial charge in [0.2, 0.25) is 0 Å². The summed E-state index contributed by atoms with van der Waals surface area (Å²) in [6.07, 6.45) is 1.92. The smallest absolute Gasteiger partial charge is 0.341 e. The van der Waals surface area contributed by atoms with Crippen LogP contribution in [0, 0.1) is 0 Å². The van der Waals surface area contributed by atoms with Crippen LogP contribution < -0.4 is 5.32 Å². The molecule has 0 aliphatic carbocycles. The number of hydrogen-bond donors (Lipinski definition) is 2. The molecule has 2 amide bonds. The van der Waals surface area contributed by atoms with E-state index >= 15 is 0 Å². The Labute approximate surface area is 110 Å². The molecule has 1 aliphatic rings. The fourth-order valence-electron chi connectivity index (χ4n) is 1.79. The molecule has 0 saturated carbocycles. The number of carboxylic acids is 1. The predicted octanol–water partition coefficient (Wildman–Crippen LogP) is 1.62. The van der Waals surface area contributed by atoms with Crippen molar-refractivity contribution in [2.75, 3.05) is 13.2 Å². The van der Waals surface area contributed by atoms with E-state index in [-0.39, 0.29) is 11.6 Å². The van der Waals surface area contributed by atoms with Crippen molar-refractivity contribution in [3.63, 3.8) is 0 Å². The second kappa shape index (κ2) is 6.19. The zero-order chi connectivity index (χ0) is 13.7. The minimum Gasteiger partial charge on any atom is -0.478 e. The largest absolute Gasteiger partial charge is 0.478 e. The van der Waals surface area contributed by atoms with E-state index < -0.39 is 5.97 Å². The van der Waals surface area contributed by atoms with Crippen LogP contribution in [0.25, 0.3) is 0 Å². The van der Waals surface area contributed by atoms with Crippen LogP contribution >= 0.6 is 0 Å². The lowest BCUT2D eigenvalue weighted by atomic mass is 10.1. The van der Waals surface area contributed by atoms with E-state index in [1.54, 1.807) is 12.1 Å². The van der Waals surface area contributed by atoms with E-state index in [0.29, 0.717) is 19.7 Å². The topological polar surface area (TPSA) is 78.9 Å². The van der Waals surface area contributed by atoms with Crippen molar-refractivity contribution in [3.8, 4) is 0 Å². The fourth-order valence-corrected chi connectivity index (χ4v) is 1.79. The van der Waals surface area contributed by atoms with Crippen LogP contribution in [0.15, 0.2) is 24.3 Å². The molecule has 2 N–H and O–H groups in total. The first-order valence-electron chi connectivity index (χ1n) is 6.17. The highest BCUT2D eigenvalue weighted by Gasteiger charge is 2.16. The number of nitrogens with one attached hydrogen (secondary N) is 1. The molecule has 6 nitrogen and oxygen atoms in total. The van der Waals surface area contributed by atoms with Gasteiger partial charge in [-0.1, -0.05) is 12.1 Å². The molecule has 1 aromatic carbocycles. The molecule has 6 heteroatoms. The van der Waals surface area contributed by atoms with Gasteiger partial charge in [0, 0.05) is 6.54 Å². The van der Waals surface area contributed by atoms with Crippen molar-refractivity contribution in [2.45, 2.75) is 19.4 Å². The molecule has 1 aromatic rings. The van der Waals surface area contributed by atoms with E-state index in [4.69, 9.17) is 9.94 Å². The molecular weight excluding hydrogens is 248 g/mol. The van der Waals surface area contributed by atoms with Crippen molar-refractivity contribution >= 4 is 12.0 Å². The van der Waals surface area contributed by atoms with Gasteiger partial charge in [0.1, 0.15) is 0 Å². The molecule has 102 valence electrons. The minimum absolute atomic E-state index is 0.231. The van der Waals surface area contributed by atoms with E-state index in [0.717, 1.165) is 18.4 Å². The number of carboxylic acid groups (broad SMARTS) is 1. The molecule has 0 radical (unpaired) electrons. The Bertz CT molecular complexity index is 452. The van der Waals surface area contributed by atoms with E-state index in [2.05, 4.69) is 5.32 Å². The van der Waals surface area contributed by atoms with Gasteiger partial charge < -0.3 is 10.4 Å². The van der Waals surface area contributed by atoms with Gasteiger partial charge in [-0.15, -0.1) is 0 Å². The SMILES string of the molecule is O=C(O)c1ccc(CNC(=O)N2CCCCO2)cc1. The zero-order valence-electron chi connectivity index (χ0n) is 10.5. The predicted molar refractivity (Wildman–Crippen MR) is 67.5 cm³/mol. The summed E-state index contributed by atoms with van der Waals surface area (Å²) in [7, 11) is 0. The molecule has 2 rings (SSSR count). The highest BCUT2D eigenvalue weighted by atomic mass is 16.7. The van der Waals surface area contributed by atoms with E-state index in [9.17, 15) is 9.59 Å². The molecule has 1 saturated heterocycles. The number of amides is 2. The summed E-state index contributed by atoms with van der Waals surface area (Å²) in [5.74, 6) is -0.961. The van der Waals surface area contributed by atoms with Gasteiger partial charge in [0.25, 0.3) is 0 Å². The summed E-state index contributed by atoms with van der Waals surface area (Å²) in [4.78, 5) is 27.7. The maximum absolute atomic E-state index is 11.7. The number of carbonyl (C=O) groups excluding carboxylic acids is 1. The summed E-state index contributed by atoms with van der Waals surface area (Å²) in [5.41, 5.74) is 1.07. The minimum atomic E-state index is -0.961. The Morgan fingerprint density at radius 2 is 2.00 bits per heavy atom. The van der Waals surface area contributed by atoms with Gasteiger partial charge in [-0.2, -0.15) is 0 Å². The first kappa shape index (κ1) is 13.4.